The van der Waals surface area contributed by atoms with Crippen molar-refractivity contribution < 1.29 is 15.0 Å². The van der Waals surface area contributed by atoms with Gasteiger partial charge in [-0.25, -0.2) is 0 Å². The van der Waals surface area contributed by atoms with Gasteiger partial charge in [0.05, 0.1) is 6.10 Å². The van der Waals surface area contributed by atoms with Crippen molar-refractivity contribution in [3.63, 3.8) is 0 Å². The molecule has 0 spiro atoms. The summed E-state index contributed by atoms with van der Waals surface area (Å²) in [6.07, 6.45) is 9.13. The zero-order valence-electron chi connectivity index (χ0n) is 13.7. The Morgan fingerprint density at radius 2 is 1.73 bits per heavy atom. The Balaban J connectivity index is 1.70. The van der Waals surface area contributed by atoms with Gasteiger partial charge in [0, 0.05) is 5.92 Å². The lowest BCUT2D eigenvalue weighted by molar-refractivity contribution is -0.142. The van der Waals surface area contributed by atoms with Crippen LogP contribution in [0.2, 0.25) is 0 Å². The van der Waals surface area contributed by atoms with Crippen LogP contribution in [0.3, 0.4) is 0 Å². The summed E-state index contributed by atoms with van der Waals surface area (Å²) in [7, 11) is 0. The molecular weight excluding hydrogens is 276 g/mol. The van der Waals surface area contributed by atoms with Gasteiger partial charge in [0.2, 0.25) is 0 Å². The molecule has 3 heteroatoms. The van der Waals surface area contributed by atoms with Crippen molar-refractivity contribution in [1.82, 2.24) is 0 Å². The Bertz CT molecular complexity index is 527. The molecule has 22 heavy (non-hydrogen) atoms. The van der Waals surface area contributed by atoms with E-state index in [9.17, 15) is 15.0 Å². The van der Waals surface area contributed by atoms with Crippen molar-refractivity contribution in [2.45, 2.75) is 64.6 Å². The van der Waals surface area contributed by atoms with Crippen LogP contribution in [-0.2, 0) is 4.79 Å². The van der Waals surface area contributed by atoms with Gasteiger partial charge in [0.25, 0.3) is 0 Å². The number of rotatable bonds is 0. The molecule has 4 aliphatic carbocycles. The third-order valence-electron chi connectivity index (χ3n) is 8.08. The van der Waals surface area contributed by atoms with Crippen LogP contribution in [0.5, 0.6) is 0 Å². The molecule has 122 valence electrons. The zero-order chi connectivity index (χ0) is 15.7. The lowest BCUT2D eigenvalue weighted by atomic mass is 9.46. The Morgan fingerprint density at radius 3 is 2.50 bits per heavy atom. The molecule has 8 atom stereocenters. The first-order valence-electron chi connectivity index (χ1n) is 8.97. The molecule has 0 saturated heterocycles. The highest BCUT2D eigenvalue weighted by Gasteiger charge is 2.60. The molecule has 4 aliphatic rings. The second kappa shape index (κ2) is 4.67. The van der Waals surface area contributed by atoms with E-state index in [0.29, 0.717) is 17.8 Å². The second-order valence-corrected chi connectivity index (χ2v) is 8.74. The van der Waals surface area contributed by atoms with Crippen molar-refractivity contribution in [3.05, 3.63) is 12.2 Å². The van der Waals surface area contributed by atoms with Gasteiger partial charge in [-0.1, -0.05) is 19.9 Å². The average Bonchev–Trinajstić information content (AvgIpc) is 2.79. The number of carbonyl (C=O) groups is 1. The van der Waals surface area contributed by atoms with Crippen LogP contribution < -0.4 is 0 Å². The molecule has 4 rings (SSSR count). The van der Waals surface area contributed by atoms with Crippen molar-refractivity contribution in [3.8, 4) is 0 Å². The Labute approximate surface area is 132 Å². The summed E-state index contributed by atoms with van der Waals surface area (Å²) in [5.41, 5.74) is 0.0439. The van der Waals surface area contributed by atoms with Crippen LogP contribution in [0.15, 0.2) is 12.2 Å². The molecule has 0 amide bonds. The number of fused-ring (bicyclic) bond motifs is 5. The van der Waals surface area contributed by atoms with Crippen molar-refractivity contribution >= 4 is 5.78 Å². The van der Waals surface area contributed by atoms with Crippen LogP contribution in [0.1, 0.15) is 52.4 Å². The van der Waals surface area contributed by atoms with Gasteiger partial charge in [-0.05, 0) is 73.2 Å². The molecule has 0 aromatic carbocycles. The quantitative estimate of drug-likeness (QED) is 0.723. The monoisotopic (exact) mass is 304 g/mol. The third-order valence-corrected chi connectivity index (χ3v) is 8.08. The van der Waals surface area contributed by atoms with E-state index in [-0.39, 0.29) is 28.6 Å². The van der Waals surface area contributed by atoms with Crippen molar-refractivity contribution in [2.24, 2.45) is 34.5 Å². The van der Waals surface area contributed by atoms with Crippen LogP contribution in [-0.4, -0.2) is 28.2 Å². The summed E-state index contributed by atoms with van der Waals surface area (Å²) in [6, 6.07) is 0. The van der Waals surface area contributed by atoms with Gasteiger partial charge in [0.15, 0.2) is 5.78 Å². The van der Waals surface area contributed by atoms with Crippen LogP contribution in [0.25, 0.3) is 0 Å². The summed E-state index contributed by atoms with van der Waals surface area (Å²) in [5, 5.41) is 20.8. The SMILES string of the molecule is C[C@]12CC[C@H]3[C@@H](CCC4[C@@H](O)C(=O)C=C[C@@]43C)[C@@H]1CC[C@@H]2O. The van der Waals surface area contributed by atoms with E-state index in [0.717, 1.165) is 38.5 Å². The molecule has 0 aliphatic heterocycles. The number of hydrogen-bond acceptors (Lipinski definition) is 3. The van der Waals surface area contributed by atoms with Crippen LogP contribution >= 0.6 is 0 Å². The van der Waals surface area contributed by atoms with Crippen molar-refractivity contribution in [2.75, 3.05) is 0 Å². The van der Waals surface area contributed by atoms with E-state index in [1.54, 1.807) is 6.08 Å². The average molecular weight is 304 g/mol. The minimum absolute atomic E-state index is 0.0505. The summed E-state index contributed by atoms with van der Waals surface area (Å²) < 4.78 is 0. The van der Waals surface area contributed by atoms with E-state index < -0.39 is 6.10 Å². The molecule has 1 unspecified atom stereocenters. The Morgan fingerprint density at radius 1 is 1.00 bits per heavy atom. The highest BCUT2D eigenvalue weighted by molar-refractivity contribution is 5.94. The summed E-state index contributed by atoms with van der Waals surface area (Å²) >= 11 is 0. The highest BCUT2D eigenvalue weighted by atomic mass is 16.3. The Kier molecular flexibility index (Phi) is 3.16. The molecule has 3 saturated carbocycles. The number of hydrogen-bond donors (Lipinski definition) is 2. The van der Waals surface area contributed by atoms with E-state index in [1.165, 1.54) is 0 Å². The summed E-state index contributed by atoms with van der Waals surface area (Å²) in [5.74, 6) is 1.78. The first-order valence-corrected chi connectivity index (χ1v) is 8.97. The molecular formula is C19H28O3. The van der Waals surface area contributed by atoms with Crippen LogP contribution in [0, 0.1) is 34.5 Å². The summed E-state index contributed by atoms with van der Waals surface area (Å²) in [4.78, 5) is 11.9. The fourth-order valence-electron chi connectivity index (χ4n) is 6.70. The van der Waals surface area contributed by atoms with Gasteiger partial charge in [-0.2, -0.15) is 0 Å². The smallest absolute Gasteiger partial charge is 0.184 e. The van der Waals surface area contributed by atoms with Gasteiger partial charge in [-0.15, -0.1) is 0 Å². The standard InChI is InChI=1S/C19H28O3/c1-18-10-8-15(20)17(22)14(18)4-3-11-12-5-6-16(21)19(12,2)9-7-13(11)18/h8,10-14,16-17,21-22H,3-7,9H2,1-2H3/t11-,12-,13-,14?,16-,17+,18+,19-/m0/s1. The van der Waals surface area contributed by atoms with Gasteiger partial charge >= 0.3 is 0 Å². The second-order valence-electron chi connectivity index (χ2n) is 8.74. The maximum absolute atomic E-state index is 11.9. The first-order chi connectivity index (χ1) is 10.4. The largest absolute Gasteiger partial charge is 0.393 e. The predicted molar refractivity (Wildman–Crippen MR) is 84.0 cm³/mol. The van der Waals surface area contributed by atoms with Crippen molar-refractivity contribution in [1.29, 1.82) is 0 Å². The molecule has 0 heterocycles. The normalized spacial score (nSPS) is 57.2. The molecule has 0 radical (unpaired) electrons. The lowest BCUT2D eigenvalue weighted by Crippen LogP contribution is -2.56. The number of allylic oxidation sites excluding steroid dienone is 1. The molecule has 0 bridgehead atoms. The van der Waals surface area contributed by atoms with E-state index in [1.807, 2.05) is 0 Å². The highest BCUT2D eigenvalue weighted by Crippen LogP contribution is 2.65. The van der Waals surface area contributed by atoms with Gasteiger partial charge in [-0.3, -0.25) is 4.79 Å². The predicted octanol–water partition coefficient (Wildman–Crippen LogP) is 2.71. The maximum atomic E-state index is 11.9. The van der Waals surface area contributed by atoms with Gasteiger partial charge < -0.3 is 10.2 Å². The molecule has 0 aromatic heterocycles. The number of aliphatic hydroxyl groups excluding tert-OH is 2. The first kappa shape index (κ1) is 14.9. The van der Waals surface area contributed by atoms with E-state index in [4.69, 9.17) is 0 Å². The molecule has 0 aromatic rings. The van der Waals surface area contributed by atoms with E-state index in [2.05, 4.69) is 19.9 Å². The fourth-order valence-corrected chi connectivity index (χ4v) is 6.70. The fraction of sp³-hybridized carbons (Fsp3) is 0.842. The van der Waals surface area contributed by atoms with E-state index >= 15 is 0 Å². The molecule has 2 N–H and O–H groups in total. The minimum atomic E-state index is -0.807. The Hall–Kier alpha value is -0.670. The van der Waals surface area contributed by atoms with Crippen LogP contribution in [0.4, 0.5) is 0 Å². The summed E-state index contributed by atoms with van der Waals surface area (Å²) in [6.45, 7) is 4.55. The topological polar surface area (TPSA) is 57.5 Å². The number of ketones is 1. The minimum Gasteiger partial charge on any atom is -0.393 e. The molecule has 3 nitrogen and oxygen atoms in total. The maximum Gasteiger partial charge on any atom is 0.184 e. The number of aliphatic hydroxyl groups is 2. The number of carbonyl (C=O) groups excluding carboxylic acids is 1. The lowest BCUT2D eigenvalue weighted by Gasteiger charge is -2.59. The molecule has 3 fully saturated rings. The third kappa shape index (κ3) is 1.73. The zero-order valence-corrected chi connectivity index (χ0v) is 13.7. The van der Waals surface area contributed by atoms with Gasteiger partial charge in [0.1, 0.15) is 6.10 Å².